The van der Waals surface area contributed by atoms with Crippen LogP contribution in [0.5, 0.6) is 11.5 Å². The van der Waals surface area contributed by atoms with Crippen LogP contribution >= 0.6 is 23.2 Å². The summed E-state index contributed by atoms with van der Waals surface area (Å²) in [6.07, 6.45) is 1.45. The van der Waals surface area contributed by atoms with Crippen molar-refractivity contribution in [2.45, 2.75) is 13.2 Å². The lowest BCUT2D eigenvalue weighted by Crippen LogP contribution is -2.54. The lowest BCUT2D eigenvalue weighted by molar-refractivity contribution is -0.122. The first-order valence-electron chi connectivity index (χ1n) is 13.6. The number of carbonyl (C=O) groups excluding carboxylic acids is 3. The average molecular weight is 623 g/mol. The summed E-state index contributed by atoms with van der Waals surface area (Å²) in [6.45, 7) is 0.484. The standard InChI is InChI=1S/C35H24Cl2N2O5/c36-25-12-10-24(31(37)18-25)21-44-32-17-11-23-8-4-5-9-28(23)29(32)19-30-33(40)38-35(42)39(34(30)41)26-13-15-27(16-14-26)43-20-22-6-2-1-3-7-22/h1-19H,20-21H2,(H,38,40,42)/b30-19+. The van der Waals surface area contributed by atoms with Crippen molar-refractivity contribution in [2.24, 2.45) is 0 Å². The lowest BCUT2D eigenvalue weighted by Gasteiger charge is -2.26. The smallest absolute Gasteiger partial charge is 0.335 e. The maximum atomic E-state index is 13.7. The second kappa shape index (κ2) is 12.6. The quantitative estimate of drug-likeness (QED) is 0.140. The van der Waals surface area contributed by atoms with Gasteiger partial charge in [-0.25, -0.2) is 9.69 Å². The van der Waals surface area contributed by atoms with Crippen LogP contribution < -0.4 is 19.7 Å². The third-order valence-electron chi connectivity index (χ3n) is 7.06. The molecule has 4 amide bonds. The molecular formula is C35H24Cl2N2O5. The minimum Gasteiger partial charge on any atom is -0.489 e. The monoisotopic (exact) mass is 622 g/mol. The maximum absolute atomic E-state index is 13.7. The number of nitrogens with zero attached hydrogens (tertiary/aromatic N) is 1. The third-order valence-corrected chi connectivity index (χ3v) is 7.65. The Morgan fingerprint density at radius 3 is 2.27 bits per heavy atom. The van der Waals surface area contributed by atoms with Gasteiger partial charge in [0, 0.05) is 21.2 Å². The van der Waals surface area contributed by atoms with Crippen molar-refractivity contribution >= 4 is 63.6 Å². The molecule has 6 rings (SSSR count). The van der Waals surface area contributed by atoms with Gasteiger partial charge in [0.2, 0.25) is 0 Å². The Morgan fingerprint density at radius 1 is 0.750 bits per heavy atom. The number of hydrogen-bond donors (Lipinski definition) is 1. The number of carbonyl (C=O) groups is 3. The highest BCUT2D eigenvalue weighted by Crippen LogP contribution is 2.33. The summed E-state index contributed by atoms with van der Waals surface area (Å²) in [5.74, 6) is -0.589. The van der Waals surface area contributed by atoms with E-state index in [0.29, 0.717) is 39.3 Å². The highest BCUT2D eigenvalue weighted by atomic mass is 35.5. The van der Waals surface area contributed by atoms with Crippen LogP contribution in [0.1, 0.15) is 16.7 Å². The highest BCUT2D eigenvalue weighted by molar-refractivity contribution is 6.39. The summed E-state index contributed by atoms with van der Waals surface area (Å²) in [5.41, 5.74) is 2.28. The van der Waals surface area contributed by atoms with Gasteiger partial charge < -0.3 is 9.47 Å². The number of halogens is 2. The molecule has 0 unspecified atom stereocenters. The molecule has 1 aliphatic rings. The van der Waals surface area contributed by atoms with Crippen LogP contribution in [0.4, 0.5) is 10.5 Å². The molecule has 1 heterocycles. The van der Waals surface area contributed by atoms with Crippen molar-refractivity contribution in [1.29, 1.82) is 0 Å². The van der Waals surface area contributed by atoms with Gasteiger partial charge in [0.15, 0.2) is 0 Å². The molecule has 0 saturated carbocycles. The van der Waals surface area contributed by atoms with Gasteiger partial charge in [0.25, 0.3) is 11.8 Å². The minimum atomic E-state index is -0.845. The largest absolute Gasteiger partial charge is 0.489 e. The van der Waals surface area contributed by atoms with Crippen LogP contribution in [-0.2, 0) is 22.8 Å². The number of hydrogen-bond acceptors (Lipinski definition) is 5. The van der Waals surface area contributed by atoms with Crippen LogP contribution in [0.3, 0.4) is 0 Å². The van der Waals surface area contributed by atoms with Gasteiger partial charge in [-0.05, 0) is 64.9 Å². The maximum Gasteiger partial charge on any atom is 0.335 e. The summed E-state index contributed by atoms with van der Waals surface area (Å²) < 4.78 is 12.0. The molecule has 0 radical (unpaired) electrons. The summed E-state index contributed by atoms with van der Waals surface area (Å²) in [5, 5.41) is 4.87. The summed E-state index contributed by atoms with van der Waals surface area (Å²) >= 11 is 12.4. The molecule has 44 heavy (non-hydrogen) atoms. The number of ether oxygens (including phenoxy) is 2. The van der Waals surface area contributed by atoms with E-state index >= 15 is 0 Å². The zero-order valence-electron chi connectivity index (χ0n) is 23.1. The number of nitrogens with one attached hydrogen (secondary N) is 1. The molecule has 5 aromatic rings. The van der Waals surface area contributed by atoms with Crippen molar-refractivity contribution < 1.29 is 23.9 Å². The lowest BCUT2D eigenvalue weighted by atomic mass is 9.99. The molecule has 1 fully saturated rings. The second-order valence-corrected chi connectivity index (χ2v) is 10.8. The first-order chi connectivity index (χ1) is 21.4. The molecule has 7 nitrogen and oxygen atoms in total. The summed E-state index contributed by atoms with van der Waals surface area (Å²) in [4.78, 5) is 40.6. The van der Waals surface area contributed by atoms with Crippen LogP contribution in [0.25, 0.3) is 16.8 Å². The molecule has 0 aliphatic carbocycles. The molecule has 218 valence electrons. The SMILES string of the molecule is O=C1NC(=O)N(c2ccc(OCc3ccccc3)cc2)C(=O)/C1=C/c1c(OCc2ccc(Cl)cc2Cl)ccc2ccccc12. The number of anilines is 1. The third kappa shape index (κ3) is 6.15. The van der Waals surface area contributed by atoms with E-state index in [1.165, 1.54) is 6.08 Å². The van der Waals surface area contributed by atoms with Crippen LogP contribution in [0, 0.1) is 0 Å². The average Bonchev–Trinajstić information content (AvgIpc) is 3.03. The zero-order valence-corrected chi connectivity index (χ0v) is 24.6. The first kappa shape index (κ1) is 29.0. The number of urea groups is 1. The normalized spacial score (nSPS) is 14.2. The van der Waals surface area contributed by atoms with E-state index < -0.39 is 17.8 Å². The zero-order chi connectivity index (χ0) is 30.6. The molecule has 0 spiro atoms. The number of rotatable bonds is 8. The van der Waals surface area contributed by atoms with E-state index in [1.54, 1.807) is 48.5 Å². The first-order valence-corrected chi connectivity index (χ1v) is 14.4. The number of barbiturate groups is 1. The van der Waals surface area contributed by atoms with Gasteiger partial charge in [-0.1, -0.05) is 89.9 Å². The van der Waals surface area contributed by atoms with Crippen LogP contribution in [0.15, 0.2) is 115 Å². The van der Waals surface area contributed by atoms with Gasteiger partial charge in [-0.3, -0.25) is 14.9 Å². The molecule has 1 saturated heterocycles. The topological polar surface area (TPSA) is 84.9 Å². The Labute approximate surface area is 263 Å². The van der Waals surface area contributed by atoms with E-state index in [-0.39, 0.29) is 17.9 Å². The Morgan fingerprint density at radius 2 is 1.50 bits per heavy atom. The van der Waals surface area contributed by atoms with E-state index in [0.717, 1.165) is 21.2 Å². The molecular weight excluding hydrogens is 599 g/mol. The molecule has 9 heteroatoms. The van der Waals surface area contributed by atoms with E-state index in [1.807, 2.05) is 60.7 Å². The molecule has 0 aromatic heterocycles. The van der Waals surface area contributed by atoms with Crippen molar-refractivity contribution in [3.8, 4) is 11.5 Å². The van der Waals surface area contributed by atoms with Crippen molar-refractivity contribution in [3.05, 3.63) is 142 Å². The van der Waals surface area contributed by atoms with Crippen LogP contribution in [-0.4, -0.2) is 17.8 Å². The minimum absolute atomic E-state index is 0.119. The van der Waals surface area contributed by atoms with Gasteiger partial charge in [-0.2, -0.15) is 0 Å². The van der Waals surface area contributed by atoms with Gasteiger partial charge in [0.05, 0.1) is 5.69 Å². The molecule has 1 aliphatic heterocycles. The second-order valence-electron chi connectivity index (χ2n) is 9.95. The van der Waals surface area contributed by atoms with E-state index in [9.17, 15) is 14.4 Å². The number of benzene rings is 5. The Balaban J connectivity index is 1.30. The van der Waals surface area contributed by atoms with Gasteiger partial charge in [0.1, 0.15) is 30.3 Å². The number of fused-ring (bicyclic) bond motifs is 1. The number of amides is 4. The summed E-state index contributed by atoms with van der Waals surface area (Å²) in [6, 6.07) is 31.6. The van der Waals surface area contributed by atoms with Crippen molar-refractivity contribution in [3.63, 3.8) is 0 Å². The molecule has 0 atom stereocenters. The van der Waals surface area contributed by atoms with Gasteiger partial charge >= 0.3 is 6.03 Å². The molecule has 1 N–H and O–H groups in total. The van der Waals surface area contributed by atoms with Crippen LogP contribution in [0.2, 0.25) is 10.0 Å². The number of imide groups is 2. The fraction of sp³-hybridized carbons (Fsp3) is 0.0571. The Hall–Kier alpha value is -5.11. The van der Waals surface area contributed by atoms with E-state index in [2.05, 4.69) is 5.32 Å². The summed E-state index contributed by atoms with van der Waals surface area (Å²) in [7, 11) is 0. The molecule has 5 aromatic carbocycles. The predicted octanol–water partition coefficient (Wildman–Crippen LogP) is 7.97. The molecule has 0 bridgehead atoms. The fourth-order valence-corrected chi connectivity index (χ4v) is 5.28. The van der Waals surface area contributed by atoms with Crippen molar-refractivity contribution in [2.75, 3.05) is 4.90 Å². The predicted molar refractivity (Wildman–Crippen MR) is 171 cm³/mol. The Kier molecular flexibility index (Phi) is 8.32. The van der Waals surface area contributed by atoms with Gasteiger partial charge in [-0.15, -0.1) is 0 Å². The van der Waals surface area contributed by atoms with E-state index in [4.69, 9.17) is 32.7 Å². The Bertz CT molecular complexity index is 1920. The fourth-order valence-electron chi connectivity index (χ4n) is 4.81. The van der Waals surface area contributed by atoms with Crippen molar-refractivity contribution in [1.82, 2.24) is 5.32 Å². The highest BCUT2D eigenvalue weighted by Gasteiger charge is 2.37.